The summed E-state index contributed by atoms with van der Waals surface area (Å²) in [6, 6.07) is 4.14. The number of nitrogens with zero attached hydrogens (tertiary/aromatic N) is 4. The molecule has 3 rings (SSSR count). The topological polar surface area (TPSA) is 64.3 Å². The Hall–Kier alpha value is -2.12. The van der Waals surface area contributed by atoms with Crippen molar-refractivity contribution in [3.05, 3.63) is 36.3 Å². The Morgan fingerprint density at radius 2 is 2.04 bits per heavy atom. The molecule has 2 aromatic heterocycles. The minimum Gasteiger partial charge on any atom is -0.379 e. The number of amides is 1. The van der Waals surface area contributed by atoms with Gasteiger partial charge in [0.05, 0.1) is 19.4 Å². The third-order valence-electron chi connectivity index (χ3n) is 4.23. The molecular weight excluding hydrogens is 294 g/mol. The van der Waals surface area contributed by atoms with E-state index in [1.807, 2.05) is 36.1 Å². The second-order valence-electron chi connectivity index (χ2n) is 5.80. The average molecular weight is 317 g/mol. The zero-order valence-corrected chi connectivity index (χ0v) is 13.6. The Kier molecular flexibility index (Phi) is 4.78. The van der Waals surface area contributed by atoms with Crippen molar-refractivity contribution in [2.24, 2.45) is 7.05 Å². The van der Waals surface area contributed by atoms with Crippen LogP contribution in [-0.2, 0) is 11.8 Å². The van der Waals surface area contributed by atoms with Crippen LogP contribution in [0.25, 0.3) is 5.82 Å². The van der Waals surface area contributed by atoms with Gasteiger partial charge in [-0.25, -0.2) is 0 Å². The van der Waals surface area contributed by atoms with Crippen LogP contribution in [0.15, 0.2) is 30.7 Å². The third-order valence-corrected chi connectivity index (χ3v) is 4.23. The molecule has 2 aromatic rings. The van der Waals surface area contributed by atoms with Gasteiger partial charge in [-0.05, 0) is 19.1 Å². The fourth-order valence-electron chi connectivity index (χ4n) is 2.86. The van der Waals surface area contributed by atoms with Crippen LogP contribution >= 0.6 is 0 Å². The van der Waals surface area contributed by atoms with Crippen molar-refractivity contribution in [2.45, 2.75) is 13.0 Å². The number of morpholine rings is 1. The van der Waals surface area contributed by atoms with Gasteiger partial charge in [0.2, 0.25) is 0 Å². The largest absolute Gasteiger partial charge is 0.379 e. The summed E-state index contributed by atoms with van der Waals surface area (Å²) < 4.78 is 8.97. The van der Waals surface area contributed by atoms with E-state index < -0.39 is 0 Å². The van der Waals surface area contributed by atoms with Gasteiger partial charge in [-0.3, -0.25) is 14.4 Å². The third kappa shape index (κ3) is 3.46. The molecule has 124 valence electrons. The predicted octanol–water partition coefficient (Wildman–Crippen LogP) is 0.661. The summed E-state index contributed by atoms with van der Waals surface area (Å²) >= 11 is 0. The molecule has 1 aliphatic heterocycles. The first kappa shape index (κ1) is 15.8. The van der Waals surface area contributed by atoms with Crippen LogP contribution in [0.3, 0.4) is 0 Å². The minimum atomic E-state index is -0.0955. The molecule has 0 spiro atoms. The van der Waals surface area contributed by atoms with E-state index in [-0.39, 0.29) is 11.9 Å². The van der Waals surface area contributed by atoms with Crippen LogP contribution in [0.4, 0.5) is 0 Å². The van der Waals surface area contributed by atoms with Crippen molar-refractivity contribution >= 4 is 5.91 Å². The van der Waals surface area contributed by atoms with Crippen LogP contribution in [0.1, 0.15) is 17.3 Å². The average Bonchev–Trinajstić information content (AvgIpc) is 3.22. The summed E-state index contributed by atoms with van der Waals surface area (Å²) in [5, 5.41) is 7.24. The number of hydrogen-bond acceptors (Lipinski definition) is 4. The predicted molar refractivity (Wildman–Crippen MR) is 86.7 cm³/mol. The van der Waals surface area contributed by atoms with E-state index in [0.29, 0.717) is 12.1 Å². The molecule has 1 N–H and O–H groups in total. The van der Waals surface area contributed by atoms with E-state index in [2.05, 4.69) is 22.2 Å². The molecule has 0 unspecified atom stereocenters. The molecule has 0 saturated carbocycles. The van der Waals surface area contributed by atoms with Crippen molar-refractivity contribution in [3.8, 4) is 5.82 Å². The van der Waals surface area contributed by atoms with Crippen LogP contribution in [-0.4, -0.2) is 64.0 Å². The van der Waals surface area contributed by atoms with E-state index in [9.17, 15) is 4.79 Å². The molecular formula is C16H23N5O2. The van der Waals surface area contributed by atoms with Gasteiger partial charge in [-0.2, -0.15) is 5.10 Å². The smallest absolute Gasteiger partial charge is 0.256 e. The zero-order valence-electron chi connectivity index (χ0n) is 13.6. The number of ether oxygens (including phenoxy) is 1. The SMILES string of the molecule is C[C@H](CNC(=O)c1cnn(C)c1-n1cccc1)N1CCOCC1. The number of aryl methyl sites for hydroxylation is 1. The molecule has 1 atom stereocenters. The van der Waals surface area contributed by atoms with E-state index in [1.165, 1.54) is 0 Å². The second-order valence-corrected chi connectivity index (χ2v) is 5.80. The number of carbonyl (C=O) groups is 1. The summed E-state index contributed by atoms with van der Waals surface area (Å²) in [6.07, 6.45) is 5.43. The zero-order chi connectivity index (χ0) is 16.2. The molecule has 1 amide bonds. The lowest BCUT2D eigenvalue weighted by molar-refractivity contribution is 0.0204. The van der Waals surface area contributed by atoms with Crippen molar-refractivity contribution < 1.29 is 9.53 Å². The van der Waals surface area contributed by atoms with Gasteiger partial charge >= 0.3 is 0 Å². The Morgan fingerprint density at radius 3 is 2.74 bits per heavy atom. The highest BCUT2D eigenvalue weighted by molar-refractivity contribution is 5.97. The first-order chi connectivity index (χ1) is 11.2. The molecule has 0 radical (unpaired) electrons. The first-order valence-electron chi connectivity index (χ1n) is 7.92. The van der Waals surface area contributed by atoms with Crippen molar-refractivity contribution in [1.82, 2.24) is 24.6 Å². The number of rotatable bonds is 5. The highest BCUT2D eigenvalue weighted by Gasteiger charge is 2.20. The Bertz CT molecular complexity index is 643. The molecule has 3 heterocycles. The van der Waals surface area contributed by atoms with Gasteiger partial charge in [0, 0.05) is 45.1 Å². The molecule has 0 aliphatic carbocycles. The monoisotopic (exact) mass is 317 g/mol. The maximum absolute atomic E-state index is 12.5. The summed E-state index contributed by atoms with van der Waals surface area (Å²) in [6.45, 7) is 6.09. The number of hydrogen-bond donors (Lipinski definition) is 1. The summed E-state index contributed by atoms with van der Waals surface area (Å²) in [5.74, 6) is 0.674. The van der Waals surface area contributed by atoms with E-state index >= 15 is 0 Å². The molecule has 1 fully saturated rings. The van der Waals surface area contributed by atoms with E-state index in [4.69, 9.17) is 4.74 Å². The second kappa shape index (κ2) is 6.97. The summed E-state index contributed by atoms with van der Waals surface area (Å²) in [4.78, 5) is 14.9. The van der Waals surface area contributed by atoms with Gasteiger partial charge in [0.25, 0.3) is 5.91 Å². The Labute approximate surface area is 135 Å². The van der Waals surface area contributed by atoms with E-state index in [0.717, 1.165) is 32.1 Å². The molecule has 0 bridgehead atoms. The molecule has 1 aliphatic rings. The van der Waals surface area contributed by atoms with Gasteiger partial charge in [0.15, 0.2) is 0 Å². The fourth-order valence-corrected chi connectivity index (χ4v) is 2.86. The fraction of sp³-hybridized carbons (Fsp3) is 0.500. The van der Waals surface area contributed by atoms with Crippen LogP contribution in [0, 0.1) is 0 Å². The lowest BCUT2D eigenvalue weighted by atomic mass is 10.2. The lowest BCUT2D eigenvalue weighted by Crippen LogP contribution is -2.47. The standard InChI is InChI=1S/C16H23N5O2/c1-13(20-7-9-23-10-8-20)11-17-15(22)14-12-18-19(2)16(14)21-5-3-4-6-21/h3-6,12-13H,7-11H2,1-2H3,(H,17,22)/t13-/m1/s1. The highest BCUT2D eigenvalue weighted by atomic mass is 16.5. The molecule has 23 heavy (non-hydrogen) atoms. The lowest BCUT2D eigenvalue weighted by Gasteiger charge is -2.32. The van der Waals surface area contributed by atoms with Crippen LogP contribution in [0.2, 0.25) is 0 Å². The normalized spacial score (nSPS) is 17.1. The van der Waals surface area contributed by atoms with Crippen LogP contribution in [0.5, 0.6) is 0 Å². The number of aromatic nitrogens is 3. The summed E-state index contributed by atoms with van der Waals surface area (Å²) in [7, 11) is 1.84. The first-order valence-corrected chi connectivity index (χ1v) is 7.92. The summed E-state index contributed by atoms with van der Waals surface area (Å²) in [5.41, 5.74) is 0.581. The molecule has 0 aromatic carbocycles. The van der Waals surface area contributed by atoms with E-state index in [1.54, 1.807) is 10.9 Å². The van der Waals surface area contributed by atoms with Crippen LogP contribution < -0.4 is 5.32 Å². The quantitative estimate of drug-likeness (QED) is 0.880. The van der Waals surface area contributed by atoms with Crippen molar-refractivity contribution in [2.75, 3.05) is 32.8 Å². The van der Waals surface area contributed by atoms with Gasteiger partial charge in [-0.15, -0.1) is 0 Å². The Balaban J connectivity index is 1.65. The molecule has 1 saturated heterocycles. The van der Waals surface area contributed by atoms with Crippen molar-refractivity contribution in [3.63, 3.8) is 0 Å². The Morgan fingerprint density at radius 1 is 1.35 bits per heavy atom. The molecule has 7 heteroatoms. The minimum absolute atomic E-state index is 0.0955. The number of carbonyl (C=O) groups excluding carboxylic acids is 1. The van der Waals surface area contributed by atoms with Gasteiger partial charge < -0.3 is 14.6 Å². The van der Waals surface area contributed by atoms with Crippen molar-refractivity contribution in [1.29, 1.82) is 0 Å². The maximum Gasteiger partial charge on any atom is 0.256 e. The maximum atomic E-state index is 12.5. The van der Waals surface area contributed by atoms with Gasteiger partial charge in [-0.1, -0.05) is 0 Å². The highest BCUT2D eigenvalue weighted by Crippen LogP contribution is 2.14. The number of nitrogens with one attached hydrogen (secondary N) is 1. The molecule has 7 nitrogen and oxygen atoms in total. The van der Waals surface area contributed by atoms with Gasteiger partial charge in [0.1, 0.15) is 11.4 Å².